The van der Waals surface area contributed by atoms with E-state index >= 15 is 0 Å². The van der Waals surface area contributed by atoms with E-state index in [9.17, 15) is 8.42 Å². The number of aromatic amines is 1. The number of rotatable bonds is 7. The number of sulfonamides is 1. The minimum Gasteiger partial charge on any atom is -0.360 e. The molecule has 0 aliphatic rings. The zero-order chi connectivity index (χ0) is 18.7. The van der Waals surface area contributed by atoms with Gasteiger partial charge in [-0.2, -0.15) is 5.10 Å². The zero-order valence-electron chi connectivity index (χ0n) is 14.9. The summed E-state index contributed by atoms with van der Waals surface area (Å²) in [5, 5.41) is 10.7. The van der Waals surface area contributed by atoms with Crippen LogP contribution in [0.5, 0.6) is 0 Å². The smallest absolute Gasteiger partial charge is 0.245 e. The van der Waals surface area contributed by atoms with Crippen molar-refractivity contribution < 1.29 is 12.9 Å². The standard InChI is InChI=1S/C17H21N5O3S/c1-11-5-4-6-14(9-11)10-16-19-15(20-21-16)7-8-18-26(23,24)17-12(2)22-25-13(17)3/h4-6,9,18H,7-8,10H2,1-3H3,(H,19,20,21). The Hall–Kier alpha value is -2.52. The highest BCUT2D eigenvalue weighted by atomic mass is 32.2. The molecule has 0 saturated heterocycles. The van der Waals surface area contributed by atoms with E-state index in [0.717, 1.165) is 11.4 Å². The summed E-state index contributed by atoms with van der Waals surface area (Å²) in [5.41, 5.74) is 2.68. The third-order valence-electron chi connectivity index (χ3n) is 3.91. The van der Waals surface area contributed by atoms with Crippen molar-refractivity contribution in [2.24, 2.45) is 0 Å². The Kier molecular flexibility index (Phi) is 5.19. The average Bonchev–Trinajstić information content (AvgIpc) is 3.14. The summed E-state index contributed by atoms with van der Waals surface area (Å²) in [5.74, 6) is 1.58. The molecule has 0 spiro atoms. The number of H-pyrrole nitrogens is 1. The summed E-state index contributed by atoms with van der Waals surface area (Å²) in [4.78, 5) is 4.51. The number of nitrogens with zero attached hydrogens (tertiary/aromatic N) is 3. The molecule has 0 aliphatic heterocycles. The van der Waals surface area contributed by atoms with Crippen molar-refractivity contribution in [1.29, 1.82) is 0 Å². The molecule has 3 rings (SSSR count). The molecule has 138 valence electrons. The van der Waals surface area contributed by atoms with Crippen LogP contribution >= 0.6 is 0 Å². The molecular formula is C17H21N5O3S. The maximum absolute atomic E-state index is 12.3. The van der Waals surface area contributed by atoms with Crippen LogP contribution in [0.3, 0.4) is 0 Å². The van der Waals surface area contributed by atoms with Gasteiger partial charge in [0.2, 0.25) is 10.0 Å². The number of aromatic nitrogens is 4. The molecule has 0 radical (unpaired) electrons. The van der Waals surface area contributed by atoms with E-state index in [-0.39, 0.29) is 17.2 Å². The van der Waals surface area contributed by atoms with Gasteiger partial charge in [-0.1, -0.05) is 35.0 Å². The van der Waals surface area contributed by atoms with E-state index in [1.54, 1.807) is 13.8 Å². The second kappa shape index (κ2) is 7.38. The zero-order valence-corrected chi connectivity index (χ0v) is 15.7. The van der Waals surface area contributed by atoms with Crippen LogP contribution in [0.1, 0.15) is 34.2 Å². The molecule has 26 heavy (non-hydrogen) atoms. The highest BCUT2D eigenvalue weighted by Crippen LogP contribution is 2.18. The molecule has 8 nitrogen and oxygen atoms in total. The van der Waals surface area contributed by atoms with Crippen molar-refractivity contribution in [2.45, 2.75) is 38.5 Å². The number of benzene rings is 1. The largest absolute Gasteiger partial charge is 0.360 e. The Bertz CT molecular complexity index is 988. The first-order chi connectivity index (χ1) is 12.3. The molecule has 0 aliphatic carbocycles. The van der Waals surface area contributed by atoms with Gasteiger partial charge < -0.3 is 4.52 Å². The third-order valence-corrected chi connectivity index (χ3v) is 5.61. The summed E-state index contributed by atoms with van der Waals surface area (Å²) in [7, 11) is -3.67. The molecule has 0 saturated carbocycles. The summed E-state index contributed by atoms with van der Waals surface area (Å²) in [6, 6.07) is 8.18. The van der Waals surface area contributed by atoms with Gasteiger partial charge in [-0.15, -0.1) is 0 Å². The average molecular weight is 375 g/mol. The van der Waals surface area contributed by atoms with Crippen molar-refractivity contribution in [3.8, 4) is 0 Å². The quantitative estimate of drug-likeness (QED) is 0.651. The van der Waals surface area contributed by atoms with Gasteiger partial charge in [0.25, 0.3) is 0 Å². The van der Waals surface area contributed by atoms with Gasteiger partial charge >= 0.3 is 0 Å². The first-order valence-electron chi connectivity index (χ1n) is 8.23. The fourth-order valence-corrected chi connectivity index (χ4v) is 4.13. The van der Waals surface area contributed by atoms with Gasteiger partial charge in [0.05, 0.1) is 0 Å². The Balaban J connectivity index is 1.58. The fraction of sp³-hybridized carbons (Fsp3) is 0.353. The molecule has 0 bridgehead atoms. The monoisotopic (exact) mass is 375 g/mol. The lowest BCUT2D eigenvalue weighted by Crippen LogP contribution is -2.27. The van der Waals surface area contributed by atoms with Gasteiger partial charge in [-0.3, -0.25) is 5.10 Å². The Morgan fingerprint density at radius 3 is 2.73 bits per heavy atom. The maximum atomic E-state index is 12.3. The molecule has 0 amide bonds. The van der Waals surface area contributed by atoms with Crippen LogP contribution in [0.15, 0.2) is 33.7 Å². The van der Waals surface area contributed by atoms with Crippen LogP contribution in [0.4, 0.5) is 0 Å². The van der Waals surface area contributed by atoms with Gasteiger partial charge in [0, 0.05) is 19.4 Å². The van der Waals surface area contributed by atoms with E-state index in [1.165, 1.54) is 5.56 Å². The molecule has 3 aromatic rings. The molecule has 0 fully saturated rings. The lowest BCUT2D eigenvalue weighted by Gasteiger charge is -2.04. The van der Waals surface area contributed by atoms with E-state index in [1.807, 2.05) is 25.1 Å². The summed E-state index contributed by atoms with van der Waals surface area (Å²) in [6.07, 6.45) is 1.03. The second-order valence-electron chi connectivity index (χ2n) is 6.17. The molecule has 2 N–H and O–H groups in total. The first kappa shape index (κ1) is 18.3. The number of hydrogen-bond acceptors (Lipinski definition) is 6. The highest BCUT2D eigenvalue weighted by Gasteiger charge is 2.23. The number of nitrogens with one attached hydrogen (secondary N) is 2. The second-order valence-corrected chi connectivity index (χ2v) is 7.87. The topological polar surface area (TPSA) is 114 Å². The highest BCUT2D eigenvalue weighted by molar-refractivity contribution is 7.89. The van der Waals surface area contributed by atoms with Gasteiger partial charge in [-0.25, -0.2) is 18.1 Å². The van der Waals surface area contributed by atoms with Crippen LogP contribution in [0.2, 0.25) is 0 Å². The number of aryl methyl sites for hydroxylation is 3. The van der Waals surface area contributed by atoms with Crippen molar-refractivity contribution >= 4 is 10.0 Å². The Morgan fingerprint density at radius 1 is 1.23 bits per heavy atom. The summed E-state index contributed by atoms with van der Waals surface area (Å²) >= 11 is 0. The lowest BCUT2D eigenvalue weighted by molar-refractivity contribution is 0.390. The van der Waals surface area contributed by atoms with Crippen LogP contribution in [0.25, 0.3) is 0 Å². The summed E-state index contributed by atoms with van der Waals surface area (Å²) < 4.78 is 32.1. The Morgan fingerprint density at radius 2 is 2.04 bits per heavy atom. The van der Waals surface area contributed by atoms with Crippen LogP contribution < -0.4 is 4.72 Å². The lowest BCUT2D eigenvalue weighted by atomic mass is 10.1. The van der Waals surface area contributed by atoms with Crippen LogP contribution in [-0.4, -0.2) is 35.3 Å². The van der Waals surface area contributed by atoms with E-state index < -0.39 is 10.0 Å². The number of hydrogen-bond donors (Lipinski definition) is 2. The normalized spacial score (nSPS) is 11.8. The van der Waals surface area contributed by atoms with Crippen molar-refractivity contribution in [3.05, 3.63) is 58.5 Å². The minimum absolute atomic E-state index is 0.0904. The molecule has 2 heterocycles. The SMILES string of the molecule is Cc1cccc(Cc2nc(CCNS(=O)(=O)c3c(C)noc3C)n[nH]2)c1. The molecule has 1 aromatic carbocycles. The molecular weight excluding hydrogens is 354 g/mol. The first-order valence-corrected chi connectivity index (χ1v) is 9.72. The minimum atomic E-state index is -3.67. The fourth-order valence-electron chi connectivity index (χ4n) is 2.77. The van der Waals surface area contributed by atoms with Crippen molar-refractivity contribution in [2.75, 3.05) is 6.54 Å². The van der Waals surface area contributed by atoms with Crippen molar-refractivity contribution in [3.63, 3.8) is 0 Å². The third kappa shape index (κ3) is 4.17. The molecule has 2 aromatic heterocycles. The molecule has 0 atom stereocenters. The molecule has 0 unspecified atom stereocenters. The maximum Gasteiger partial charge on any atom is 0.245 e. The van der Waals surface area contributed by atoms with E-state index in [4.69, 9.17) is 4.52 Å². The van der Waals surface area contributed by atoms with Crippen LogP contribution in [0, 0.1) is 20.8 Å². The van der Waals surface area contributed by atoms with Gasteiger partial charge in [0.15, 0.2) is 11.6 Å². The van der Waals surface area contributed by atoms with Gasteiger partial charge in [-0.05, 0) is 26.3 Å². The van der Waals surface area contributed by atoms with Crippen molar-refractivity contribution in [1.82, 2.24) is 25.1 Å². The van der Waals surface area contributed by atoms with Crippen LogP contribution in [-0.2, 0) is 22.9 Å². The summed E-state index contributed by atoms with van der Waals surface area (Å²) in [6.45, 7) is 5.40. The van der Waals surface area contributed by atoms with Gasteiger partial charge in [0.1, 0.15) is 16.4 Å². The molecule has 9 heteroatoms. The van der Waals surface area contributed by atoms with E-state index in [0.29, 0.717) is 24.4 Å². The predicted molar refractivity (Wildman–Crippen MR) is 95.2 cm³/mol. The Labute approximate surface area is 152 Å². The predicted octanol–water partition coefficient (Wildman–Crippen LogP) is 1.83. The van der Waals surface area contributed by atoms with E-state index in [2.05, 4.69) is 31.1 Å².